The zero-order valence-corrected chi connectivity index (χ0v) is 11.3. The molecule has 20 heavy (non-hydrogen) atoms. The first-order chi connectivity index (χ1) is 9.76. The number of benzene rings is 2. The number of nitrogens with zero attached hydrogens (tertiary/aromatic N) is 1. The van der Waals surface area contributed by atoms with E-state index in [1.807, 2.05) is 24.3 Å². The van der Waals surface area contributed by atoms with Crippen molar-refractivity contribution in [3.63, 3.8) is 0 Å². The highest BCUT2D eigenvalue weighted by atomic mass is 19.1. The van der Waals surface area contributed by atoms with E-state index in [1.54, 1.807) is 6.07 Å². The predicted octanol–water partition coefficient (Wildman–Crippen LogP) is 2.74. The monoisotopic (exact) mass is 271 g/mol. The van der Waals surface area contributed by atoms with Gasteiger partial charge in [-0.25, -0.2) is 4.39 Å². The largest absolute Gasteiger partial charge is 0.395 e. The summed E-state index contributed by atoms with van der Waals surface area (Å²) in [6.07, 6.45) is 0.705. The van der Waals surface area contributed by atoms with Crippen LogP contribution in [-0.4, -0.2) is 22.7 Å². The highest BCUT2D eigenvalue weighted by Crippen LogP contribution is 2.25. The Bertz CT molecular complexity index is 585. The molecular weight excluding hydrogens is 253 g/mol. The third-order valence-corrected chi connectivity index (χ3v) is 3.95. The Morgan fingerprint density at radius 1 is 1.10 bits per heavy atom. The molecule has 1 aliphatic heterocycles. The van der Waals surface area contributed by atoms with Gasteiger partial charge in [0.2, 0.25) is 0 Å². The van der Waals surface area contributed by atoms with Gasteiger partial charge in [0.1, 0.15) is 5.82 Å². The fourth-order valence-electron chi connectivity index (χ4n) is 2.85. The molecular formula is C17H18FNO. The molecule has 104 valence electrons. The lowest BCUT2D eigenvalue weighted by Gasteiger charge is -2.36. The van der Waals surface area contributed by atoms with Gasteiger partial charge in [0.15, 0.2) is 0 Å². The minimum absolute atomic E-state index is 0.0597. The standard InChI is InChI=1S/C17H18FNO/c18-16-7-6-14-11-19(10-13-4-2-1-3-5-13)17(12-20)9-15(14)8-16/h1-8,17,20H,9-12H2/t17-/m0/s1. The van der Waals surface area contributed by atoms with Gasteiger partial charge in [-0.2, -0.15) is 0 Å². The number of halogens is 1. The van der Waals surface area contributed by atoms with Gasteiger partial charge in [0, 0.05) is 19.1 Å². The maximum Gasteiger partial charge on any atom is 0.123 e. The van der Waals surface area contributed by atoms with Crippen LogP contribution in [0.2, 0.25) is 0 Å². The van der Waals surface area contributed by atoms with Crippen LogP contribution in [0.3, 0.4) is 0 Å². The molecule has 0 radical (unpaired) electrons. The molecule has 0 bridgehead atoms. The van der Waals surface area contributed by atoms with Crippen LogP contribution in [0.15, 0.2) is 48.5 Å². The van der Waals surface area contributed by atoms with Crippen LogP contribution in [-0.2, 0) is 19.5 Å². The van der Waals surface area contributed by atoms with Crippen molar-refractivity contribution in [1.82, 2.24) is 4.90 Å². The summed E-state index contributed by atoms with van der Waals surface area (Å²) in [6, 6.07) is 15.3. The van der Waals surface area contributed by atoms with E-state index in [-0.39, 0.29) is 18.5 Å². The molecule has 0 saturated carbocycles. The Labute approximate surface area is 118 Å². The normalized spacial score (nSPS) is 18.8. The van der Waals surface area contributed by atoms with Gasteiger partial charge in [-0.05, 0) is 35.2 Å². The molecule has 0 aliphatic carbocycles. The van der Waals surface area contributed by atoms with Gasteiger partial charge in [-0.15, -0.1) is 0 Å². The van der Waals surface area contributed by atoms with Crippen molar-refractivity contribution in [2.75, 3.05) is 6.61 Å². The molecule has 2 aromatic carbocycles. The number of aliphatic hydroxyl groups is 1. The van der Waals surface area contributed by atoms with Crippen LogP contribution < -0.4 is 0 Å². The van der Waals surface area contributed by atoms with Crippen molar-refractivity contribution in [3.8, 4) is 0 Å². The van der Waals surface area contributed by atoms with Crippen molar-refractivity contribution < 1.29 is 9.50 Å². The minimum atomic E-state index is -0.197. The summed E-state index contributed by atoms with van der Waals surface area (Å²) < 4.78 is 13.3. The number of aliphatic hydroxyl groups excluding tert-OH is 1. The van der Waals surface area contributed by atoms with Crippen LogP contribution in [0.4, 0.5) is 4.39 Å². The second-order valence-corrected chi connectivity index (χ2v) is 5.34. The molecule has 0 amide bonds. The Morgan fingerprint density at radius 2 is 1.90 bits per heavy atom. The first-order valence-electron chi connectivity index (χ1n) is 6.92. The number of rotatable bonds is 3. The van der Waals surface area contributed by atoms with Gasteiger partial charge >= 0.3 is 0 Å². The molecule has 0 saturated heterocycles. The van der Waals surface area contributed by atoms with E-state index in [2.05, 4.69) is 17.0 Å². The molecule has 2 aromatic rings. The number of hydrogen-bond acceptors (Lipinski definition) is 2. The minimum Gasteiger partial charge on any atom is -0.395 e. The highest BCUT2D eigenvalue weighted by Gasteiger charge is 2.25. The maximum absolute atomic E-state index is 13.3. The Balaban J connectivity index is 1.83. The molecule has 1 N–H and O–H groups in total. The van der Waals surface area contributed by atoms with Crippen molar-refractivity contribution >= 4 is 0 Å². The molecule has 0 unspecified atom stereocenters. The maximum atomic E-state index is 13.3. The number of fused-ring (bicyclic) bond motifs is 1. The van der Waals surface area contributed by atoms with Gasteiger partial charge < -0.3 is 5.11 Å². The van der Waals surface area contributed by atoms with E-state index in [4.69, 9.17) is 0 Å². The summed E-state index contributed by atoms with van der Waals surface area (Å²) in [5.41, 5.74) is 3.41. The van der Waals surface area contributed by atoms with Crippen molar-refractivity contribution in [3.05, 3.63) is 71.0 Å². The van der Waals surface area contributed by atoms with E-state index in [0.717, 1.165) is 24.2 Å². The zero-order valence-electron chi connectivity index (χ0n) is 11.3. The highest BCUT2D eigenvalue weighted by molar-refractivity contribution is 5.31. The first kappa shape index (κ1) is 13.3. The summed E-state index contributed by atoms with van der Waals surface area (Å²) in [5.74, 6) is -0.197. The van der Waals surface area contributed by atoms with E-state index in [1.165, 1.54) is 11.6 Å². The van der Waals surface area contributed by atoms with E-state index < -0.39 is 0 Å². The summed E-state index contributed by atoms with van der Waals surface area (Å²) >= 11 is 0. The smallest absolute Gasteiger partial charge is 0.123 e. The van der Waals surface area contributed by atoms with E-state index >= 15 is 0 Å². The molecule has 0 fully saturated rings. The quantitative estimate of drug-likeness (QED) is 0.928. The number of hydrogen-bond donors (Lipinski definition) is 1. The summed E-state index contributed by atoms with van der Waals surface area (Å²) in [7, 11) is 0. The fraction of sp³-hybridized carbons (Fsp3) is 0.294. The lowest BCUT2D eigenvalue weighted by Crippen LogP contribution is -2.42. The third-order valence-electron chi connectivity index (χ3n) is 3.95. The Kier molecular flexibility index (Phi) is 3.81. The zero-order chi connectivity index (χ0) is 13.9. The van der Waals surface area contributed by atoms with Crippen molar-refractivity contribution in [1.29, 1.82) is 0 Å². The fourth-order valence-corrected chi connectivity index (χ4v) is 2.85. The predicted molar refractivity (Wildman–Crippen MR) is 76.7 cm³/mol. The lowest BCUT2D eigenvalue weighted by atomic mass is 9.93. The van der Waals surface area contributed by atoms with Crippen LogP contribution in [0.1, 0.15) is 16.7 Å². The van der Waals surface area contributed by atoms with Gasteiger partial charge in [0.25, 0.3) is 0 Å². The second kappa shape index (κ2) is 5.73. The molecule has 1 aliphatic rings. The molecule has 1 heterocycles. The second-order valence-electron chi connectivity index (χ2n) is 5.34. The van der Waals surface area contributed by atoms with Crippen LogP contribution >= 0.6 is 0 Å². The Hall–Kier alpha value is -1.71. The van der Waals surface area contributed by atoms with Crippen molar-refractivity contribution in [2.45, 2.75) is 25.6 Å². The average molecular weight is 271 g/mol. The molecule has 0 spiro atoms. The molecule has 3 rings (SSSR count). The lowest BCUT2D eigenvalue weighted by molar-refractivity contribution is 0.0995. The summed E-state index contributed by atoms with van der Waals surface area (Å²) in [4.78, 5) is 2.26. The van der Waals surface area contributed by atoms with Crippen LogP contribution in [0.25, 0.3) is 0 Å². The third kappa shape index (κ3) is 2.74. The molecule has 2 nitrogen and oxygen atoms in total. The topological polar surface area (TPSA) is 23.5 Å². The first-order valence-corrected chi connectivity index (χ1v) is 6.92. The van der Waals surface area contributed by atoms with Gasteiger partial charge in [-0.1, -0.05) is 36.4 Å². The molecule has 3 heteroatoms. The van der Waals surface area contributed by atoms with E-state index in [0.29, 0.717) is 6.42 Å². The molecule has 1 atom stereocenters. The Morgan fingerprint density at radius 3 is 2.65 bits per heavy atom. The van der Waals surface area contributed by atoms with E-state index in [9.17, 15) is 9.50 Å². The summed E-state index contributed by atoms with van der Waals surface area (Å²) in [6.45, 7) is 1.67. The molecule has 0 aromatic heterocycles. The van der Waals surface area contributed by atoms with Crippen LogP contribution in [0, 0.1) is 5.82 Å². The SMILES string of the molecule is OC[C@@H]1Cc2cc(F)ccc2CN1Cc1ccccc1. The van der Waals surface area contributed by atoms with Crippen LogP contribution in [0.5, 0.6) is 0 Å². The average Bonchev–Trinajstić information content (AvgIpc) is 2.48. The van der Waals surface area contributed by atoms with Gasteiger partial charge in [0.05, 0.1) is 6.61 Å². The van der Waals surface area contributed by atoms with Gasteiger partial charge in [-0.3, -0.25) is 4.90 Å². The summed E-state index contributed by atoms with van der Waals surface area (Å²) in [5, 5.41) is 9.60. The van der Waals surface area contributed by atoms with Crippen molar-refractivity contribution in [2.24, 2.45) is 0 Å².